The Balaban J connectivity index is 2.08. The van der Waals surface area contributed by atoms with Gasteiger partial charge in [-0.2, -0.15) is 0 Å². The number of likely N-dealkylation sites (tertiary alicyclic amines) is 1. The molecule has 7 heteroatoms. The first-order valence-electron chi connectivity index (χ1n) is 8.44. The minimum absolute atomic E-state index is 0.000733. The van der Waals surface area contributed by atoms with Gasteiger partial charge in [-0.1, -0.05) is 19.8 Å². The van der Waals surface area contributed by atoms with E-state index in [1.165, 1.54) is 4.90 Å². The van der Waals surface area contributed by atoms with Crippen LogP contribution >= 0.6 is 15.9 Å². The van der Waals surface area contributed by atoms with Crippen molar-refractivity contribution < 1.29 is 24.2 Å². The van der Waals surface area contributed by atoms with Gasteiger partial charge in [-0.15, -0.1) is 0 Å². The van der Waals surface area contributed by atoms with Crippen LogP contribution in [-0.4, -0.2) is 37.0 Å². The Morgan fingerprint density at radius 3 is 2.76 bits per heavy atom. The molecule has 1 atom stereocenters. The first-order chi connectivity index (χ1) is 12.0. The molecule has 0 N–H and O–H groups in total. The highest BCUT2D eigenvalue weighted by molar-refractivity contribution is 9.10. The molecule has 1 heterocycles. The molecule has 1 aromatic carbocycles. The van der Waals surface area contributed by atoms with Crippen molar-refractivity contribution in [2.45, 2.75) is 39.2 Å². The normalized spacial score (nSPS) is 17.0. The summed E-state index contributed by atoms with van der Waals surface area (Å²) in [5.74, 6) is -0.861. The second kappa shape index (κ2) is 9.08. The van der Waals surface area contributed by atoms with Crippen molar-refractivity contribution in [1.29, 1.82) is 0 Å². The lowest BCUT2D eigenvalue weighted by molar-refractivity contribution is -0.311. The van der Waals surface area contributed by atoms with Gasteiger partial charge in [-0.25, -0.2) is 0 Å². The first-order valence-corrected chi connectivity index (χ1v) is 9.23. The molecule has 1 aliphatic rings. The van der Waals surface area contributed by atoms with Gasteiger partial charge in [-0.3, -0.25) is 4.79 Å². The summed E-state index contributed by atoms with van der Waals surface area (Å²) in [5, 5.41) is 11.0. The standard InChI is InChI=1S/C18H24BrNO5/c1-3-4-5-6-25-17-14(19)7-12(8-15(17)24-2)10-20-11-13(18(22)23)9-16(20)21/h7-8,13H,3-6,9-11H2,1-2H3,(H,22,23)/p-1/t13-/m1/s1. The lowest BCUT2D eigenvalue weighted by Gasteiger charge is -2.19. The topological polar surface area (TPSA) is 78.9 Å². The Hall–Kier alpha value is -1.76. The predicted molar refractivity (Wildman–Crippen MR) is 94.2 cm³/mol. The van der Waals surface area contributed by atoms with E-state index < -0.39 is 11.9 Å². The van der Waals surface area contributed by atoms with Gasteiger partial charge in [0, 0.05) is 31.4 Å². The van der Waals surface area contributed by atoms with Gasteiger partial charge in [0.2, 0.25) is 5.91 Å². The van der Waals surface area contributed by atoms with Crippen LogP contribution in [0.4, 0.5) is 0 Å². The number of carboxylic acids is 1. The quantitative estimate of drug-likeness (QED) is 0.580. The van der Waals surface area contributed by atoms with E-state index in [2.05, 4.69) is 22.9 Å². The van der Waals surface area contributed by atoms with Gasteiger partial charge >= 0.3 is 0 Å². The van der Waals surface area contributed by atoms with Crippen molar-refractivity contribution in [2.24, 2.45) is 5.92 Å². The number of rotatable bonds is 9. The predicted octanol–water partition coefficient (Wildman–Crippen LogP) is 2.13. The molecule has 0 unspecified atom stereocenters. The number of nitrogens with zero attached hydrogens (tertiary/aromatic N) is 1. The number of amides is 1. The van der Waals surface area contributed by atoms with Gasteiger partial charge < -0.3 is 24.3 Å². The van der Waals surface area contributed by atoms with Gasteiger partial charge in [-0.05, 0) is 40.0 Å². The zero-order valence-corrected chi connectivity index (χ0v) is 16.1. The average molecular weight is 413 g/mol. The number of halogens is 1. The van der Waals surface area contributed by atoms with Crippen molar-refractivity contribution in [3.63, 3.8) is 0 Å². The number of carbonyl (C=O) groups is 2. The molecule has 0 saturated carbocycles. The highest BCUT2D eigenvalue weighted by atomic mass is 79.9. The summed E-state index contributed by atoms with van der Waals surface area (Å²) < 4.78 is 12.0. The number of aliphatic carboxylic acids is 1. The third-order valence-corrected chi connectivity index (χ3v) is 4.79. The highest BCUT2D eigenvalue weighted by Crippen LogP contribution is 2.37. The van der Waals surface area contributed by atoms with Crippen LogP contribution in [0.2, 0.25) is 0 Å². The lowest BCUT2D eigenvalue weighted by atomic mass is 10.1. The van der Waals surface area contributed by atoms with Crippen molar-refractivity contribution >= 4 is 27.8 Å². The van der Waals surface area contributed by atoms with Crippen LogP contribution in [0.25, 0.3) is 0 Å². The molecule has 25 heavy (non-hydrogen) atoms. The van der Waals surface area contributed by atoms with Crippen LogP contribution in [0.15, 0.2) is 16.6 Å². The van der Waals surface area contributed by atoms with Crippen LogP contribution in [0, 0.1) is 5.92 Å². The van der Waals surface area contributed by atoms with E-state index in [-0.39, 0.29) is 18.9 Å². The Labute approximate surface area is 156 Å². The fraction of sp³-hybridized carbons (Fsp3) is 0.556. The largest absolute Gasteiger partial charge is 0.550 e. The third kappa shape index (κ3) is 5.11. The molecule has 1 fully saturated rings. The second-order valence-electron chi connectivity index (χ2n) is 6.16. The molecule has 138 valence electrons. The van der Waals surface area contributed by atoms with Crippen molar-refractivity contribution in [3.8, 4) is 11.5 Å². The number of hydrogen-bond donors (Lipinski definition) is 0. The maximum atomic E-state index is 12.0. The van der Waals surface area contributed by atoms with Gasteiger partial charge in [0.1, 0.15) is 0 Å². The Kier molecular flexibility index (Phi) is 7.11. The SMILES string of the molecule is CCCCCOc1c(Br)cc(CN2C[C@H](C(=O)[O-])CC2=O)cc1OC. The van der Waals surface area contributed by atoms with E-state index in [1.807, 2.05) is 12.1 Å². The van der Waals surface area contributed by atoms with Crippen LogP contribution in [0.1, 0.15) is 38.2 Å². The van der Waals surface area contributed by atoms with Gasteiger partial charge in [0.05, 0.1) is 18.2 Å². The molecule has 0 spiro atoms. The highest BCUT2D eigenvalue weighted by Gasteiger charge is 2.30. The van der Waals surface area contributed by atoms with E-state index in [0.717, 1.165) is 29.3 Å². The summed E-state index contributed by atoms with van der Waals surface area (Å²) in [6, 6.07) is 3.69. The Morgan fingerprint density at radius 1 is 1.40 bits per heavy atom. The molecule has 1 aliphatic heterocycles. The first kappa shape index (κ1) is 19.6. The van der Waals surface area contributed by atoms with Crippen LogP contribution in [-0.2, 0) is 16.1 Å². The maximum Gasteiger partial charge on any atom is 0.223 e. The Bertz CT molecular complexity index is 634. The van der Waals surface area contributed by atoms with E-state index in [9.17, 15) is 14.7 Å². The molecule has 1 aromatic rings. The summed E-state index contributed by atoms with van der Waals surface area (Å²) in [4.78, 5) is 24.5. The summed E-state index contributed by atoms with van der Waals surface area (Å²) in [6.45, 7) is 3.25. The number of hydrogen-bond acceptors (Lipinski definition) is 5. The minimum atomic E-state index is -1.18. The minimum Gasteiger partial charge on any atom is -0.550 e. The van der Waals surface area contributed by atoms with Crippen molar-refractivity contribution in [1.82, 2.24) is 4.90 Å². The molecule has 0 radical (unpaired) electrons. The zero-order chi connectivity index (χ0) is 18.4. The average Bonchev–Trinajstić information content (AvgIpc) is 2.94. The number of ether oxygens (including phenoxy) is 2. The summed E-state index contributed by atoms with van der Waals surface area (Å²) in [6.07, 6.45) is 3.20. The Morgan fingerprint density at radius 2 is 2.16 bits per heavy atom. The summed E-state index contributed by atoms with van der Waals surface area (Å²) >= 11 is 3.50. The van der Waals surface area contributed by atoms with Crippen LogP contribution < -0.4 is 14.6 Å². The summed E-state index contributed by atoms with van der Waals surface area (Å²) in [7, 11) is 1.57. The molecule has 0 bridgehead atoms. The molecular weight excluding hydrogens is 390 g/mol. The molecule has 2 rings (SSSR count). The third-order valence-electron chi connectivity index (χ3n) is 4.20. The fourth-order valence-electron chi connectivity index (χ4n) is 2.83. The monoisotopic (exact) mass is 412 g/mol. The number of unbranched alkanes of at least 4 members (excludes halogenated alkanes) is 2. The fourth-order valence-corrected chi connectivity index (χ4v) is 3.44. The number of methoxy groups -OCH3 is 1. The van der Waals surface area contributed by atoms with E-state index in [4.69, 9.17) is 9.47 Å². The number of benzene rings is 1. The van der Waals surface area contributed by atoms with Crippen molar-refractivity contribution in [2.75, 3.05) is 20.3 Å². The molecule has 0 aromatic heterocycles. The summed E-state index contributed by atoms with van der Waals surface area (Å²) in [5.41, 5.74) is 0.844. The smallest absolute Gasteiger partial charge is 0.223 e. The van der Waals surface area contributed by atoms with E-state index >= 15 is 0 Å². The molecule has 6 nitrogen and oxygen atoms in total. The maximum absolute atomic E-state index is 12.0. The van der Waals surface area contributed by atoms with E-state index in [1.54, 1.807) is 7.11 Å². The second-order valence-corrected chi connectivity index (χ2v) is 7.01. The number of carbonyl (C=O) groups excluding carboxylic acids is 2. The van der Waals surface area contributed by atoms with Crippen molar-refractivity contribution in [3.05, 3.63) is 22.2 Å². The van der Waals surface area contributed by atoms with Gasteiger partial charge in [0.25, 0.3) is 0 Å². The number of carboxylic acid groups (broad SMARTS) is 1. The molecule has 0 aliphatic carbocycles. The molecule has 1 amide bonds. The lowest BCUT2D eigenvalue weighted by Crippen LogP contribution is -2.33. The van der Waals surface area contributed by atoms with Crippen LogP contribution in [0.3, 0.4) is 0 Å². The van der Waals surface area contributed by atoms with Gasteiger partial charge in [0.15, 0.2) is 11.5 Å². The molecular formula is C18H23BrNO5-. The van der Waals surface area contributed by atoms with Crippen LogP contribution in [0.5, 0.6) is 11.5 Å². The van der Waals surface area contributed by atoms with E-state index in [0.29, 0.717) is 24.7 Å². The molecule has 1 saturated heterocycles. The zero-order valence-electron chi connectivity index (χ0n) is 14.5.